The quantitative estimate of drug-likeness (QED) is 0.612. The van der Waals surface area contributed by atoms with Crippen LogP contribution >= 0.6 is 15.9 Å². The van der Waals surface area contributed by atoms with E-state index < -0.39 is 12.1 Å². The molecule has 1 aromatic heterocycles. The van der Waals surface area contributed by atoms with Gasteiger partial charge in [-0.15, -0.1) is 0 Å². The first-order valence-corrected chi connectivity index (χ1v) is 7.61. The normalized spacial score (nSPS) is 11.8. The lowest BCUT2D eigenvalue weighted by Crippen LogP contribution is -2.25. The Balaban J connectivity index is 2.14. The number of halogens is 1. The summed E-state index contributed by atoms with van der Waals surface area (Å²) >= 11 is 3.24. The molecule has 0 spiro atoms. The second kappa shape index (κ2) is 6.83. The van der Waals surface area contributed by atoms with E-state index in [4.69, 9.17) is 4.74 Å². The molecule has 0 N–H and O–H groups in total. The molecular formula is C17H16BrNO3. The van der Waals surface area contributed by atoms with E-state index in [-0.39, 0.29) is 5.78 Å². The maximum Gasteiger partial charge on any atom is 0.340 e. The number of aryl methyl sites for hydroxylation is 2. The van der Waals surface area contributed by atoms with E-state index in [0.717, 1.165) is 11.1 Å². The lowest BCUT2D eigenvalue weighted by atomic mass is 9.99. The van der Waals surface area contributed by atoms with Crippen molar-refractivity contribution in [3.05, 3.63) is 63.4 Å². The van der Waals surface area contributed by atoms with Crippen LogP contribution in [0.15, 0.2) is 41.1 Å². The summed E-state index contributed by atoms with van der Waals surface area (Å²) in [4.78, 5) is 28.4. The largest absolute Gasteiger partial charge is 0.451 e. The molecule has 2 aromatic rings. The molecule has 5 heteroatoms. The van der Waals surface area contributed by atoms with Crippen molar-refractivity contribution in [1.82, 2.24) is 4.98 Å². The first-order valence-electron chi connectivity index (χ1n) is 6.81. The minimum absolute atomic E-state index is 0.211. The number of hydrogen-bond acceptors (Lipinski definition) is 4. The topological polar surface area (TPSA) is 56.3 Å². The van der Waals surface area contributed by atoms with Gasteiger partial charge in [0.1, 0.15) is 0 Å². The monoisotopic (exact) mass is 361 g/mol. The van der Waals surface area contributed by atoms with Crippen molar-refractivity contribution < 1.29 is 14.3 Å². The standard InChI is InChI=1S/C17H16BrNO3/c1-10-4-5-11(2)15(6-10)16(20)12(3)22-17(21)13-7-14(18)9-19-8-13/h4-9,12H,1-3H3/t12-/m0/s1. The molecule has 0 unspecified atom stereocenters. The molecule has 0 saturated heterocycles. The van der Waals surface area contributed by atoms with Crippen molar-refractivity contribution in [2.75, 3.05) is 0 Å². The van der Waals surface area contributed by atoms with Crippen LogP contribution in [0.25, 0.3) is 0 Å². The number of hydrogen-bond donors (Lipinski definition) is 0. The molecule has 114 valence electrons. The summed E-state index contributed by atoms with van der Waals surface area (Å²) in [6, 6.07) is 7.23. The van der Waals surface area contributed by atoms with Gasteiger partial charge in [-0.3, -0.25) is 9.78 Å². The lowest BCUT2D eigenvalue weighted by Gasteiger charge is -2.14. The van der Waals surface area contributed by atoms with Crippen molar-refractivity contribution in [3.8, 4) is 0 Å². The van der Waals surface area contributed by atoms with Crippen molar-refractivity contribution in [2.45, 2.75) is 26.9 Å². The van der Waals surface area contributed by atoms with Gasteiger partial charge >= 0.3 is 5.97 Å². The fourth-order valence-corrected chi connectivity index (χ4v) is 2.39. The van der Waals surface area contributed by atoms with Crippen LogP contribution in [-0.4, -0.2) is 22.8 Å². The Kier molecular flexibility index (Phi) is 5.08. The van der Waals surface area contributed by atoms with E-state index in [1.165, 1.54) is 6.20 Å². The minimum Gasteiger partial charge on any atom is -0.451 e. The zero-order chi connectivity index (χ0) is 16.3. The molecule has 0 aliphatic heterocycles. The smallest absolute Gasteiger partial charge is 0.340 e. The summed E-state index contributed by atoms with van der Waals surface area (Å²) < 4.78 is 5.93. The summed E-state index contributed by atoms with van der Waals surface area (Å²) in [7, 11) is 0. The van der Waals surface area contributed by atoms with Crippen LogP contribution < -0.4 is 0 Å². The van der Waals surface area contributed by atoms with E-state index in [0.29, 0.717) is 15.6 Å². The first-order chi connectivity index (χ1) is 10.4. The molecule has 0 radical (unpaired) electrons. The number of carbonyl (C=O) groups excluding carboxylic acids is 2. The van der Waals surface area contributed by atoms with Gasteiger partial charge in [-0.2, -0.15) is 0 Å². The molecule has 1 heterocycles. The number of aromatic nitrogens is 1. The minimum atomic E-state index is -0.855. The number of benzene rings is 1. The summed E-state index contributed by atoms with van der Waals surface area (Å²) in [5.74, 6) is -0.780. The Morgan fingerprint density at radius 3 is 2.59 bits per heavy atom. The third kappa shape index (κ3) is 3.80. The SMILES string of the molecule is Cc1ccc(C)c(C(=O)[C@H](C)OC(=O)c2cncc(Br)c2)c1. The van der Waals surface area contributed by atoms with Gasteiger partial charge in [0.05, 0.1) is 5.56 Å². The van der Waals surface area contributed by atoms with Gasteiger partial charge < -0.3 is 4.74 Å². The summed E-state index contributed by atoms with van der Waals surface area (Å²) in [6.45, 7) is 5.35. The number of rotatable bonds is 4. The van der Waals surface area contributed by atoms with Crippen molar-refractivity contribution in [3.63, 3.8) is 0 Å². The third-order valence-corrected chi connectivity index (χ3v) is 3.69. The highest BCUT2D eigenvalue weighted by atomic mass is 79.9. The molecule has 1 aromatic carbocycles. The average Bonchev–Trinajstić information content (AvgIpc) is 2.48. The van der Waals surface area contributed by atoms with E-state index in [1.54, 1.807) is 19.2 Å². The number of esters is 1. The Hall–Kier alpha value is -2.01. The Morgan fingerprint density at radius 1 is 1.18 bits per heavy atom. The molecule has 22 heavy (non-hydrogen) atoms. The number of Topliss-reactive ketones (excluding diaryl/α,β-unsaturated/α-hetero) is 1. The predicted octanol–water partition coefficient (Wildman–Crippen LogP) is 3.89. The zero-order valence-electron chi connectivity index (χ0n) is 12.6. The fraction of sp³-hybridized carbons (Fsp3) is 0.235. The number of pyridine rings is 1. The number of nitrogens with zero attached hydrogens (tertiary/aromatic N) is 1. The number of ketones is 1. The third-order valence-electron chi connectivity index (χ3n) is 3.25. The highest BCUT2D eigenvalue weighted by Gasteiger charge is 2.22. The van der Waals surface area contributed by atoms with Crippen LogP contribution in [-0.2, 0) is 4.74 Å². The van der Waals surface area contributed by atoms with Gasteiger partial charge in [-0.1, -0.05) is 17.7 Å². The molecule has 0 saturated carbocycles. The van der Waals surface area contributed by atoms with Crippen molar-refractivity contribution >= 4 is 27.7 Å². The number of ether oxygens (including phenoxy) is 1. The molecule has 0 aliphatic carbocycles. The predicted molar refractivity (Wildman–Crippen MR) is 87.1 cm³/mol. The highest BCUT2D eigenvalue weighted by molar-refractivity contribution is 9.10. The van der Waals surface area contributed by atoms with Crippen LogP contribution in [0.4, 0.5) is 0 Å². The molecule has 0 bridgehead atoms. The van der Waals surface area contributed by atoms with Gasteiger partial charge in [0.15, 0.2) is 6.10 Å². The van der Waals surface area contributed by atoms with E-state index in [2.05, 4.69) is 20.9 Å². The fourth-order valence-electron chi connectivity index (χ4n) is 2.03. The van der Waals surface area contributed by atoms with E-state index in [9.17, 15) is 9.59 Å². The molecule has 0 fully saturated rings. The van der Waals surface area contributed by atoms with Crippen LogP contribution in [0.3, 0.4) is 0 Å². The zero-order valence-corrected chi connectivity index (χ0v) is 14.2. The van der Waals surface area contributed by atoms with Crippen molar-refractivity contribution in [1.29, 1.82) is 0 Å². The maximum absolute atomic E-state index is 12.4. The molecule has 0 aliphatic rings. The Morgan fingerprint density at radius 2 is 1.91 bits per heavy atom. The lowest BCUT2D eigenvalue weighted by molar-refractivity contribution is 0.0318. The highest BCUT2D eigenvalue weighted by Crippen LogP contribution is 2.16. The summed E-state index contributed by atoms with van der Waals surface area (Å²) in [5.41, 5.74) is 2.73. The molecule has 2 rings (SSSR count). The molecule has 0 amide bonds. The molecular weight excluding hydrogens is 346 g/mol. The van der Waals surface area contributed by atoms with Gasteiger partial charge in [-0.05, 0) is 54.4 Å². The first kappa shape index (κ1) is 16.4. The van der Waals surface area contributed by atoms with Crippen LogP contribution in [0.1, 0.15) is 38.8 Å². The van der Waals surface area contributed by atoms with Crippen LogP contribution in [0.2, 0.25) is 0 Å². The Bertz CT molecular complexity index is 728. The van der Waals surface area contributed by atoms with Gasteiger partial charge in [0.25, 0.3) is 0 Å². The van der Waals surface area contributed by atoms with Crippen molar-refractivity contribution in [2.24, 2.45) is 0 Å². The van der Waals surface area contributed by atoms with Crippen LogP contribution in [0, 0.1) is 13.8 Å². The Labute approximate surface area is 137 Å². The van der Waals surface area contributed by atoms with Gasteiger partial charge in [0, 0.05) is 22.4 Å². The molecule has 4 nitrogen and oxygen atoms in total. The number of carbonyl (C=O) groups is 2. The summed E-state index contributed by atoms with van der Waals surface area (Å²) in [5, 5.41) is 0. The summed E-state index contributed by atoms with van der Waals surface area (Å²) in [6.07, 6.45) is 2.12. The average molecular weight is 362 g/mol. The van der Waals surface area contributed by atoms with E-state index in [1.807, 2.05) is 32.0 Å². The maximum atomic E-state index is 12.4. The van der Waals surface area contributed by atoms with Gasteiger partial charge in [-0.25, -0.2) is 4.79 Å². The second-order valence-corrected chi connectivity index (χ2v) is 6.04. The van der Waals surface area contributed by atoms with Crippen LogP contribution in [0.5, 0.6) is 0 Å². The van der Waals surface area contributed by atoms with E-state index >= 15 is 0 Å². The second-order valence-electron chi connectivity index (χ2n) is 5.12. The van der Waals surface area contributed by atoms with Gasteiger partial charge in [0.2, 0.25) is 5.78 Å². The molecule has 1 atom stereocenters.